The number of furan rings is 1. The number of alkyl halides is 3. The van der Waals surface area contributed by atoms with Crippen LogP contribution in [0.25, 0.3) is 0 Å². The van der Waals surface area contributed by atoms with Crippen molar-refractivity contribution in [1.82, 2.24) is 9.78 Å². The molecular formula is C12H11F3N2O4. The molecule has 0 bridgehead atoms. The third-order valence-electron chi connectivity index (χ3n) is 2.67. The molecule has 0 saturated carbocycles. The van der Waals surface area contributed by atoms with Crippen LogP contribution >= 0.6 is 0 Å². The largest absolute Gasteiger partial charge is 0.485 e. The summed E-state index contributed by atoms with van der Waals surface area (Å²) in [5.74, 6) is -1.28. The summed E-state index contributed by atoms with van der Waals surface area (Å²) in [6.07, 6.45) is -2.41. The predicted octanol–water partition coefficient (Wildman–Crippen LogP) is 2.40. The van der Waals surface area contributed by atoms with E-state index in [9.17, 15) is 18.0 Å². The fourth-order valence-corrected chi connectivity index (χ4v) is 1.72. The van der Waals surface area contributed by atoms with E-state index in [1.807, 2.05) is 0 Å². The Labute approximate surface area is 117 Å². The van der Waals surface area contributed by atoms with E-state index in [2.05, 4.69) is 9.84 Å². The number of aryl methyl sites for hydroxylation is 1. The quantitative estimate of drug-likeness (QED) is 0.811. The van der Waals surface area contributed by atoms with E-state index in [0.29, 0.717) is 4.68 Å². The summed E-state index contributed by atoms with van der Waals surface area (Å²) in [5.41, 5.74) is -0.732. The lowest BCUT2D eigenvalue weighted by atomic mass is 10.2. The number of methoxy groups -OCH3 is 1. The first-order valence-electron chi connectivity index (χ1n) is 5.71. The third kappa shape index (κ3) is 3.01. The van der Waals surface area contributed by atoms with E-state index in [-0.39, 0.29) is 17.9 Å². The lowest BCUT2D eigenvalue weighted by molar-refractivity contribution is -0.145. The summed E-state index contributed by atoms with van der Waals surface area (Å²) in [4.78, 5) is 11.4. The molecule has 0 aliphatic heterocycles. The standard InChI is InChI=1S/C12H11F3N2O4/c1-17-10(12(13,14)15)8(5-16-17)21-6-7-3-4-20-9(7)11(18)19-2/h3-5H,6H2,1-2H3. The van der Waals surface area contributed by atoms with Crippen LogP contribution in [0.1, 0.15) is 21.8 Å². The van der Waals surface area contributed by atoms with Crippen LogP contribution in [0.3, 0.4) is 0 Å². The van der Waals surface area contributed by atoms with Gasteiger partial charge in [-0.15, -0.1) is 0 Å². The molecule has 21 heavy (non-hydrogen) atoms. The first-order chi connectivity index (χ1) is 9.84. The molecule has 0 spiro atoms. The molecule has 0 aromatic carbocycles. The van der Waals surface area contributed by atoms with Gasteiger partial charge < -0.3 is 13.9 Å². The van der Waals surface area contributed by atoms with Gasteiger partial charge in [-0.05, 0) is 6.07 Å². The molecule has 6 nitrogen and oxygen atoms in total. The molecule has 9 heteroatoms. The average Bonchev–Trinajstić information content (AvgIpc) is 3.00. The Bertz CT molecular complexity index is 645. The van der Waals surface area contributed by atoms with Crippen molar-refractivity contribution < 1.29 is 31.9 Å². The Kier molecular flexibility index (Phi) is 3.92. The Morgan fingerprint density at radius 1 is 1.48 bits per heavy atom. The molecular weight excluding hydrogens is 293 g/mol. The van der Waals surface area contributed by atoms with Crippen LogP contribution in [0.5, 0.6) is 5.75 Å². The molecule has 0 atom stereocenters. The first-order valence-corrected chi connectivity index (χ1v) is 5.71. The highest BCUT2D eigenvalue weighted by molar-refractivity contribution is 5.87. The number of rotatable bonds is 4. The SMILES string of the molecule is COC(=O)c1occc1COc1cnn(C)c1C(F)(F)F. The number of ether oxygens (including phenoxy) is 2. The van der Waals surface area contributed by atoms with Crippen LogP contribution in [0, 0.1) is 0 Å². The van der Waals surface area contributed by atoms with Gasteiger partial charge >= 0.3 is 12.1 Å². The molecule has 2 aromatic heterocycles. The number of hydrogen-bond donors (Lipinski definition) is 0. The highest BCUT2D eigenvalue weighted by Gasteiger charge is 2.38. The van der Waals surface area contributed by atoms with Gasteiger partial charge in [0.15, 0.2) is 11.4 Å². The van der Waals surface area contributed by atoms with Gasteiger partial charge in [-0.25, -0.2) is 4.79 Å². The minimum Gasteiger partial charge on any atom is -0.485 e. The predicted molar refractivity (Wildman–Crippen MR) is 62.6 cm³/mol. The van der Waals surface area contributed by atoms with Crippen molar-refractivity contribution in [2.75, 3.05) is 7.11 Å². The van der Waals surface area contributed by atoms with Crippen LogP contribution in [0.4, 0.5) is 13.2 Å². The summed E-state index contributed by atoms with van der Waals surface area (Å²) < 4.78 is 53.7. The van der Waals surface area contributed by atoms with Crippen LogP contribution in [0.2, 0.25) is 0 Å². The van der Waals surface area contributed by atoms with Crippen molar-refractivity contribution in [3.63, 3.8) is 0 Å². The van der Waals surface area contributed by atoms with Gasteiger partial charge in [0.1, 0.15) is 6.61 Å². The molecule has 2 rings (SSSR count). The van der Waals surface area contributed by atoms with Gasteiger partial charge in [0.25, 0.3) is 0 Å². The summed E-state index contributed by atoms with van der Waals surface area (Å²) in [6, 6.07) is 1.41. The van der Waals surface area contributed by atoms with Crippen molar-refractivity contribution in [1.29, 1.82) is 0 Å². The summed E-state index contributed by atoms with van der Waals surface area (Å²) in [5, 5.41) is 3.51. The van der Waals surface area contributed by atoms with E-state index in [4.69, 9.17) is 9.15 Å². The topological polar surface area (TPSA) is 66.5 Å². The monoisotopic (exact) mass is 304 g/mol. The number of hydrogen-bond acceptors (Lipinski definition) is 5. The fourth-order valence-electron chi connectivity index (χ4n) is 1.72. The molecule has 0 unspecified atom stereocenters. The van der Waals surface area contributed by atoms with Crippen LogP contribution < -0.4 is 4.74 Å². The number of carbonyl (C=O) groups excluding carboxylic acids is 1. The highest BCUT2D eigenvalue weighted by Crippen LogP contribution is 2.36. The van der Waals surface area contributed by atoms with Crippen molar-refractivity contribution in [2.24, 2.45) is 7.05 Å². The number of halogens is 3. The number of aromatic nitrogens is 2. The zero-order valence-electron chi connectivity index (χ0n) is 11.1. The van der Waals surface area contributed by atoms with E-state index in [1.54, 1.807) is 0 Å². The lowest BCUT2D eigenvalue weighted by Gasteiger charge is -2.10. The fraction of sp³-hybridized carbons (Fsp3) is 0.333. The van der Waals surface area contributed by atoms with Gasteiger partial charge in [-0.3, -0.25) is 4.68 Å². The van der Waals surface area contributed by atoms with Gasteiger partial charge in [0, 0.05) is 12.6 Å². The Balaban J connectivity index is 2.19. The summed E-state index contributed by atoms with van der Waals surface area (Å²) in [7, 11) is 2.33. The minimum atomic E-state index is -4.60. The molecule has 0 N–H and O–H groups in total. The Morgan fingerprint density at radius 2 is 2.19 bits per heavy atom. The molecule has 0 fully saturated rings. The Hall–Kier alpha value is -2.45. The zero-order valence-corrected chi connectivity index (χ0v) is 11.1. The minimum absolute atomic E-state index is 0.116. The van der Waals surface area contributed by atoms with E-state index in [1.165, 1.54) is 19.4 Å². The molecule has 0 saturated heterocycles. The van der Waals surface area contributed by atoms with Crippen molar-refractivity contribution in [3.05, 3.63) is 35.5 Å². The van der Waals surface area contributed by atoms with Crippen LogP contribution in [-0.4, -0.2) is 22.9 Å². The maximum absolute atomic E-state index is 12.8. The second-order valence-corrected chi connectivity index (χ2v) is 4.03. The molecule has 114 valence electrons. The molecule has 0 amide bonds. The Morgan fingerprint density at radius 3 is 2.81 bits per heavy atom. The number of nitrogens with zero attached hydrogens (tertiary/aromatic N) is 2. The van der Waals surface area contributed by atoms with Crippen molar-refractivity contribution in [3.8, 4) is 5.75 Å². The molecule has 0 aliphatic rings. The van der Waals surface area contributed by atoms with Gasteiger partial charge in [0.2, 0.25) is 5.76 Å². The molecule has 0 aliphatic carbocycles. The smallest absolute Gasteiger partial charge is 0.436 e. The lowest BCUT2D eigenvalue weighted by Crippen LogP contribution is -2.14. The van der Waals surface area contributed by atoms with E-state index >= 15 is 0 Å². The summed E-state index contributed by atoms with van der Waals surface area (Å²) >= 11 is 0. The van der Waals surface area contributed by atoms with Gasteiger partial charge in [-0.2, -0.15) is 18.3 Å². The van der Waals surface area contributed by atoms with Crippen LogP contribution in [0.15, 0.2) is 22.9 Å². The van der Waals surface area contributed by atoms with E-state index in [0.717, 1.165) is 13.2 Å². The summed E-state index contributed by atoms with van der Waals surface area (Å²) in [6.45, 7) is -0.282. The van der Waals surface area contributed by atoms with Gasteiger partial charge in [-0.1, -0.05) is 0 Å². The molecule has 0 radical (unpaired) electrons. The average molecular weight is 304 g/mol. The number of carbonyl (C=O) groups is 1. The second-order valence-electron chi connectivity index (χ2n) is 4.03. The molecule has 2 heterocycles. The number of esters is 1. The molecule has 2 aromatic rings. The van der Waals surface area contributed by atoms with Crippen molar-refractivity contribution >= 4 is 5.97 Å². The maximum atomic E-state index is 12.8. The highest BCUT2D eigenvalue weighted by atomic mass is 19.4. The normalized spacial score (nSPS) is 11.5. The van der Waals surface area contributed by atoms with Crippen LogP contribution in [-0.2, 0) is 24.6 Å². The van der Waals surface area contributed by atoms with E-state index < -0.39 is 23.6 Å². The third-order valence-corrected chi connectivity index (χ3v) is 2.67. The second kappa shape index (κ2) is 5.51. The zero-order chi connectivity index (χ0) is 15.6. The van der Waals surface area contributed by atoms with Crippen molar-refractivity contribution in [2.45, 2.75) is 12.8 Å². The first kappa shape index (κ1) is 14.9. The maximum Gasteiger partial charge on any atom is 0.436 e. The van der Waals surface area contributed by atoms with Gasteiger partial charge in [0.05, 0.1) is 19.6 Å².